The van der Waals surface area contributed by atoms with Crippen molar-refractivity contribution < 1.29 is 19.1 Å². The quantitative estimate of drug-likeness (QED) is 0.539. The summed E-state index contributed by atoms with van der Waals surface area (Å²) in [6.07, 6.45) is 3.47. The van der Waals surface area contributed by atoms with E-state index < -0.39 is 0 Å². The Bertz CT molecular complexity index is 267. The summed E-state index contributed by atoms with van der Waals surface area (Å²) in [6.45, 7) is 4.54. The third-order valence-corrected chi connectivity index (χ3v) is 2.80. The number of hydrogen-bond donors (Lipinski definition) is 0. The van der Waals surface area contributed by atoms with Crippen molar-refractivity contribution in [2.24, 2.45) is 0 Å². The highest BCUT2D eigenvalue weighted by molar-refractivity contribution is 5.76. The maximum Gasteiger partial charge on any atom is 0.302 e. The molecule has 0 aliphatic carbocycles. The molecule has 5 heteroatoms. The smallest absolute Gasteiger partial charge is 0.302 e. The summed E-state index contributed by atoms with van der Waals surface area (Å²) in [6, 6.07) is 0. The summed E-state index contributed by atoms with van der Waals surface area (Å²) >= 11 is 0. The number of rotatable bonds is 5. The van der Waals surface area contributed by atoms with Crippen LogP contribution in [0.15, 0.2) is 0 Å². The summed E-state index contributed by atoms with van der Waals surface area (Å²) in [5.74, 6) is -0.158. The van der Waals surface area contributed by atoms with Gasteiger partial charge < -0.3 is 14.4 Å². The predicted molar refractivity (Wildman–Crippen MR) is 62.2 cm³/mol. The lowest BCUT2D eigenvalue weighted by atomic mass is 10.2. The minimum atomic E-state index is -0.313. The van der Waals surface area contributed by atoms with Crippen LogP contribution in [0.4, 0.5) is 0 Å². The van der Waals surface area contributed by atoms with Crippen molar-refractivity contribution in [1.82, 2.24) is 4.90 Å². The highest BCUT2D eigenvalue weighted by Crippen LogP contribution is 2.14. The molecule has 1 atom stereocenters. The van der Waals surface area contributed by atoms with Gasteiger partial charge in [-0.2, -0.15) is 0 Å². The first kappa shape index (κ1) is 14.0. The Morgan fingerprint density at radius 2 is 2.12 bits per heavy atom. The fourth-order valence-electron chi connectivity index (χ4n) is 1.88. The minimum absolute atomic E-state index is 0.155. The summed E-state index contributed by atoms with van der Waals surface area (Å²) in [7, 11) is 0. The van der Waals surface area contributed by atoms with Crippen LogP contribution in [0.25, 0.3) is 0 Å². The standard InChI is InChI=1S/C12H21NO4/c1-10(16-8-9-17-11(2)14)13-7-5-3-4-6-12(13)15/h10H,3-9H2,1-2H3. The largest absolute Gasteiger partial charge is 0.463 e. The average Bonchev–Trinajstić information content (AvgIpc) is 2.48. The lowest BCUT2D eigenvalue weighted by Crippen LogP contribution is -2.40. The third kappa shape index (κ3) is 5.17. The Balaban J connectivity index is 2.27. The molecule has 1 fully saturated rings. The molecule has 1 saturated heterocycles. The maximum atomic E-state index is 11.8. The minimum Gasteiger partial charge on any atom is -0.463 e. The third-order valence-electron chi connectivity index (χ3n) is 2.80. The van der Waals surface area contributed by atoms with Crippen molar-refractivity contribution >= 4 is 11.9 Å². The van der Waals surface area contributed by atoms with Gasteiger partial charge in [-0.15, -0.1) is 0 Å². The molecule has 1 rings (SSSR count). The molecule has 1 heterocycles. The molecule has 1 amide bonds. The van der Waals surface area contributed by atoms with E-state index in [-0.39, 0.29) is 24.7 Å². The molecular weight excluding hydrogens is 222 g/mol. The number of amides is 1. The molecule has 1 aliphatic rings. The molecule has 0 saturated carbocycles. The van der Waals surface area contributed by atoms with Crippen LogP contribution in [0.2, 0.25) is 0 Å². The lowest BCUT2D eigenvalue weighted by molar-refractivity contribution is -0.151. The van der Waals surface area contributed by atoms with Crippen LogP contribution in [-0.2, 0) is 19.1 Å². The van der Waals surface area contributed by atoms with Crippen molar-refractivity contribution in [1.29, 1.82) is 0 Å². The Labute approximate surface area is 102 Å². The molecule has 0 spiro atoms. The molecule has 0 aromatic rings. The summed E-state index contributed by atoms with van der Waals surface area (Å²) in [4.78, 5) is 24.1. The predicted octanol–water partition coefficient (Wildman–Crippen LogP) is 1.31. The van der Waals surface area contributed by atoms with E-state index in [9.17, 15) is 9.59 Å². The molecule has 0 bridgehead atoms. The van der Waals surface area contributed by atoms with Crippen LogP contribution in [0.3, 0.4) is 0 Å². The number of esters is 1. The van der Waals surface area contributed by atoms with E-state index in [0.29, 0.717) is 13.0 Å². The molecule has 0 aromatic carbocycles. The Hall–Kier alpha value is -1.10. The zero-order chi connectivity index (χ0) is 12.7. The SMILES string of the molecule is CC(=O)OCCOC(C)N1CCCCCC1=O. The van der Waals surface area contributed by atoms with Crippen LogP contribution in [0, 0.1) is 0 Å². The van der Waals surface area contributed by atoms with Crippen molar-refractivity contribution in [3.8, 4) is 0 Å². The van der Waals surface area contributed by atoms with Crippen LogP contribution in [-0.4, -0.2) is 42.8 Å². The fourth-order valence-corrected chi connectivity index (χ4v) is 1.88. The van der Waals surface area contributed by atoms with E-state index in [0.717, 1.165) is 25.8 Å². The first-order valence-electron chi connectivity index (χ1n) is 6.15. The number of carbonyl (C=O) groups excluding carboxylic acids is 2. The van der Waals surface area contributed by atoms with Gasteiger partial charge in [0.1, 0.15) is 12.8 Å². The molecule has 5 nitrogen and oxygen atoms in total. The van der Waals surface area contributed by atoms with E-state index in [4.69, 9.17) is 9.47 Å². The van der Waals surface area contributed by atoms with Gasteiger partial charge in [0.15, 0.2) is 0 Å². The van der Waals surface area contributed by atoms with Crippen molar-refractivity contribution in [2.45, 2.75) is 45.8 Å². The second kappa shape index (κ2) is 7.27. The number of nitrogens with zero attached hydrogens (tertiary/aromatic N) is 1. The fraction of sp³-hybridized carbons (Fsp3) is 0.833. The lowest BCUT2D eigenvalue weighted by Gasteiger charge is -2.27. The molecule has 98 valence electrons. The van der Waals surface area contributed by atoms with Crippen LogP contribution >= 0.6 is 0 Å². The second-order valence-electron chi connectivity index (χ2n) is 4.21. The zero-order valence-corrected chi connectivity index (χ0v) is 10.6. The first-order chi connectivity index (χ1) is 8.11. The number of ether oxygens (including phenoxy) is 2. The van der Waals surface area contributed by atoms with E-state index in [1.807, 2.05) is 6.92 Å². The normalized spacial score (nSPS) is 18.7. The Morgan fingerprint density at radius 3 is 2.82 bits per heavy atom. The van der Waals surface area contributed by atoms with Crippen molar-refractivity contribution in [3.63, 3.8) is 0 Å². The van der Waals surface area contributed by atoms with Crippen molar-refractivity contribution in [2.75, 3.05) is 19.8 Å². The number of carbonyl (C=O) groups is 2. The van der Waals surface area contributed by atoms with Gasteiger partial charge in [0.25, 0.3) is 0 Å². The molecule has 0 N–H and O–H groups in total. The highest BCUT2D eigenvalue weighted by atomic mass is 16.6. The van der Waals surface area contributed by atoms with Gasteiger partial charge in [0, 0.05) is 19.9 Å². The van der Waals surface area contributed by atoms with Gasteiger partial charge in [0.05, 0.1) is 6.61 Å². The molecule has 0 radical (unpaired) electrons. The van der Waals surface area contributed by atoms with Crippen LogP contribution in [0.1, 0.15) is 39.5 Å². The van der Waals surface area contributed by atoms with E-state index in [1.165, 1.54) is 6.92 Å². The van der Waals surface area contributed by atoms with E-state index in [2.05, 4.69) is 0 Å². The van der Waals surface area contributed by atoms with Gasteiger partial charge in [0.2, 0.25) is 5.91 Å². The topological polar surface area (TPSA) is 55.8 Å². The Kier molecular flexibility index (Phi) is 5.97. The highest BCUT2D eigenvalue weighted by Gasteiger charge is 2.21. The van der Waals surface area contributed by atoms with Gasteiger partial charge in [-0.05, 0) is 19.8 Å². The summed E-state index contributed by atoms with van der Waals surface area (Å²) in [5.41, 5.74) is 0. The van der Waals surface area contributed by atoms with Gasteiger partial charge in [-0.1, -0.05) is 6.42 Å². The van der Waals surface area contributed by atoms with Gasteiger partial charge >= 0.3 is 5.97 Å². The molecule has 17 heavy (non-hydrogen) atoms. The number of likely N-dealkylation sites (tertiary alicyclic amines) is 1. The second-order valence-corrected chi connectivity index (χ2v) is 4.21. The molecular formula is C12H21NO4. The average molecular weight is 243 g/mol. The first-order valence-corrected chi connectivity index (χ1v) is 6.15. The molecule has 0 aromatic heterocycles. The molecule has 1 aliphatic heterocycles. The van der Waals surface area contributed by atoms with Crippen LogP contribution in [0.5, 0.6) is 0 Å². The maximum absolute atomic E-state index is 11.8. The molecule has 1 unspecified atom stereocenters. The van der Waals surface area contributed by atoms with E-state index in [1.54, 1.807) is 4.90 Å². The Morgan fingerprint density at radius 1 is 1.35 bits per heavy atom. The summed E-state index contributed by atoms with van der Waals surface area (Å²) in [5, 5.41) is 0. The van der Waals surface area contributed by atoms with Gasteiger partial charge in [-0.25, -0.2) is 0 Å². The van der Waals surface area contributed by atoms with Crippen molar-refractivity contribution in [3.05, 3.63) is 0 Å². The monoisotopic (exact) mass is 243 g/mol. The van der Waals surface area contributed by atoms with Crippen LogP contribution < -0.4 is 0 Å². The number of hydrogen-bond acceptors (Lipinski definition) is 4. The summed E-state index contributed by atoms with van der Waals surface area (Å²) < 4.78 is 10.2. The van der Waals surface area contributed by atoms with E-state index >= 15 is 0 Å². The zero-order valence-electron chi connectivity index (χ0n) is 10.6. The van der Waals surface area contributed by atoms with Gasteiger partial charge in [-0.3, -0.25) is 9.59 Å².